The summed E-state index contributed by atoms with van der Waals surface area (Å²) in [6.45, 7) is 7.06. The molecule has 1 unspecified atom stereocenters. The zero-order chi connectivity index (χ0) is 15.2. The van der Waals surface area contributed by atoms with Crippen molar-refractivity contribution in [1.82, 2.24) is 5.32 Å². The quantitative estimate of drug-likeness (QED) is 0.800. The second-order valence-corrected chi connectivity index (χ2v) is 6.27. The number of primary amides is 1. The highest BCUT2D eigenvalue weighted by Crippen LogP contribution is 2.22. The number of nitrogens with one attached hydrogen (secondary N) is 1. The van der Waals surface area contributed by atoms with Crippen molar-refractivity contribution in [3.05, 3.63) is 0 Å². The summed E-state index contributed by atoms with van der Waals surface area (Å²) in [5, 5.41) is 2.62. The first-order chi connectivity index (χ1) is 9.28. The largest absolute Gasteiger partial charge is 0.444 e. The molecule has 1 aliphatic rings. The summed E-state index contributed by atoms with van der Waals surface area (Å²) in [6.07, 6.45) is 2.05. The van der Waals surface area contributed by atoms with Gasteiger partial charge in [0.05, 0.1) is 5.92 Å². The standard InChI is InChI=1S/C14H26N2O4/c1-14(2,3)20-13(18)16-9-11(12(15)17)8-10-4-6-19-7-5-10/h10-11H,4-9H2,1-3H3,(H2,15,17)(H,16,18). The van der Waals surface area contributed by atoms with Gasteiger partial charge in [0, 0.05) is 19.8 Å². The SMILES string of the molecule is CC(C)(C)OC(=O)NCC(CC1CCOCC1)C(N)=O. The second-order valence-electron chi connectivity index (χ2n) is 6.27. The van der Waals surface area contributed by atoms with Crippen LogP contribution in [-0.2, 0) is 14.3 Å². The molecule has 2 amide bonds. The van der Waals surface area contributed by atoms with Crippen molar-refractivity contribution in [2.75, 3.05) is 19.8 Å². The Hall–Kier alpha value is -1.30. The summed E-state index contributed by atoms with van der Waals surface area (Å²) in [7, 11) is 0. The lowest BCUT2D eigenvalue weighted by Gasteiger charge is -2.26. The van der Waals surface area contributed by atoms with Crippen molar-refractivity contribution < 1.29 is 19.1 Å². The highest BCUT2D eigenvalue weighted by molar-refractivity contribution is 5.77. The highest BCUT2D eigenvalue weighted by Gasteiger charge is 2.24. The fraction of sp³-hybridized carbons (Fsp3) is 0.857. The number of ether oxygens (including phenoxy) is 2. The number of amides is 2. The van der Waals surface area contributed by atoms with Gasteiger partial charge in [-0.1, -0.05) is 0 Å². The zero-order valence-electron chi connectivity index (χ0n) is 12.6. The van der Waals surface area contributed by atoms with E-state index in [9.17, 15) is 9.59 Å². The lowest BCUT2D eigenvalue weighted by molar-refractivity contribution is -0.122. The Morgan fingerprint density at radius 1 is 1.35 bits per heavy atom. The van der Waals surface area contributed by atoms with Gasteiger partial charge in [0.2, 0.25) is 5.91 Å². The van der Waals surface area contributed by atoms with Gasteiger partial charge in [-0.05, 0) is 46.0 Å². The maximum atomic E-state index is 11.6. The normalized spacial score (nSPS) is 18.4. The third kappa shape index (κ3) is 6.75. The molecule has 0 bridgehead atoms. The summed E-state index contributed by atoms with van der Waals surface area (Å²) in [5.41, 5.74) is 4.86. The van der Waals surface area contributed by atoms with Crippen molar-refractivity contribution in [2.24, 2.45) is 17.6 Å². The molecule has 0 radical (unpaired) electrons. The number of hydrogen-bond donors (Lipinski definition) is 2. The van der Waals surface area contributed by atoms with Gasteiger partial charge in [0.25, 0.3) is 0 Å². The molecule has 3 N–H and O–H groups in total. The molecule has 1 heterocycles. The molecule has 20 heavy (non-hydrogen) atoms. The van der Waals surface area contributed by atoms with Crippen LogP contribution in [0, 0.1) is 11.8 Å². The van der Waals surface area contributed by atoms with Crippen LogP contribution >= 0.6 is 0 Å². The molecule has 0 aromatic heterocycles. The lowest BCUT2D eigenvalue weighted by Crippen LogP contribution is -2.40. The average molecular weight is 286 g/mol. The van der Waals surface area contributed by atoms with E-state index in [-0.39, 0.29) is 18.4 Å². The van der Waals surface area contributed by atoms with Gasteiger partial charge in [0.1, 0.15) is 5.60 Å². The summed E-state index contributed by atoms with van der Waals surface area (Å²) in [5.74, 6) is -0.306. The Morgan fingerprint density at radius 3 is 2.45 bits per heavy atom. The van der Waals surface area contributed by atoms with Gasteiger partial charge in [-0.25, -0.2) is 4.79 Å². The van der Waals surface area contributed by atoms with E-state index in [1.807, 2.05) is 0 Å². The minimum Gasteiger partial charge on any atom is -0.444 e. The first-order valence-electron chi connectivity index (χ1n) is 7.12. The van der Waals surface area contributed by atoms with Crippen molar-refractivity contribution in [3.8, 4) is 0 Å². The first-order valence-corrected chi connectivity index (χ1v) is 7.12. The van der Waals surface area contributed by atoms with Gasteiger partial charge >= 0.3 is 6.09 Å². The molecule has 1 fully saturated rings. The number of carbonyl (C=O) groups is 2. The van der Waals surface area contributed by atoms with Crippen LogP contribution in [0.4, 0.5) is 4.79 Å². The van der Waals surface area contributed by atoms with Crippen LogP contribution in [0.5, 0.6) is 0 Å². The maximum Gasteiger partial charge on any atom is 0.407 e. The molecule has 0 aromatic rings. The minimum atomic E-state index is -0.549. The summed E-state index contributed by atoms with van der Waals surface area (Å²) in [4.78, 5) is 23.0. The van der Waals surface area contributed by atoms with E-state index >= 15 is 0 Å². The smallest absolute Gasteiger partial charge is 0.407 e. The van der Waals surface area contributed by atoms with Crippen LogP contribution in [0.2, 0.25) is 0 Å². The minimum absolute atomic E-state index is 0.224. The Bertz CT molecular complexity index is 333. The third-order valence-corrected chi connectivity index (χ3v) is 3.25. The molecular formula is C14H26N2O4. The molecule has 116 valence electrons. The van der Waals surface area contributed by atoms with Gasteiger partial charge < -0.3 is 20.5 Å². The summed E-state index contributed by atoms with van der Waals surface area (Å²) >= 11 is 0. The molecule has 1 rings (SSSR count). The monoisotopic (exact) mass is 286 g/mol. The number of hydrogen-bond acceptors (Lipinski definition) is 4. The predicted octanol–water partition coefficient (Wildman–Crippen LogP) is 1.43. The van der Waals surface area contributed by atoms with Crippen LogP contribution in [0.1, 0.15) is 40.0 Å². The van der Waals surface area contributed by atoms with Gasteiger partial charge in [-0.15, -0.1) is 0 Å². The van der Waals surface area contributed by atoms with Crippen molar-refractivity contribution in [3.63, 3.8) is 0 Å². The van der Waals surface area contributed by atoms with Gasteiger partial charge in [0.15, 0.2) is 0 Å². The lowest BCUT2D eigenvalue weighted by atomic mass is 9.88. The molecular weight excluding hydrogens is 260 g/mol. The molecule has 0 aromatic carbocycles. The van der Waals surface area contributed by atoms with Crippen LogP contribution in [0.15, 0.2) is 0 Å². The molecule has 1 atom stereocenters. The number of rotatable bonds is 5. The molecule has 6 heteroatoms. The predicted molar refractivity (Wildman–Crippen MR) is 75.1 cm³/mol. The van der Waals surface area contributed by atoms with Crippen LogP contribution < -0.4 is 11.1 Å². The van der Waals surface area contributed by atoms with E-state index in [1.54, 1.807) is 20.8 Å². The van der Waals surface area contributed by atoms with Crippen LogP contribution in [-0.4, -0.2) is 37.4 Å². The summed E-state index contributed by atoms with van der Waals surface area (Å²) < 4.78 is 10.4. The molecule has 1 saturated heterocycles. The number of nitrogens with two attached hydrogens (primary N) is 1. The third-order valence-electron chi connectivity index (χ3n) is 3.25. The Kier molecular flexibility index (Phi) is 6.26. The van der Waals surface area contributed by atoms with Crippen molar-refractivity contribution in [1.29, 1.82) is 0 Å². The molecule has 1 aliphatic heterocycles. The summed E-state index contributed by atoms with van der Waals surface area (Å²) in [6, 6.07) is 0. The van der Waals surface area contributed by atoms with E-state index in [4.69, 9.17) is 15.2 Å². The van der Waals surface area contributed by atoms with Crippen molar-refractivity contribution in [2.45, 2.75) is 45.6 Å². The molecule has 0 spiro atoms. The molecule has 0 aliphatic carbocycles. The van der Waals surface area contributed by atoms with Crippen LogP contribution in [0.25, 0.3) is 0 Å². The molecule has 0 saturated carbocycles. The zero-order valence-corrected chi connectivity index (χ0v) is 12.6. The first kappa shape index (κ1) is 16.8. The Labute approximate surface area is 120 Å². The van der Waals surface area contributed by atoms with E-state index < -0.39 is 11.7 Å². The Morgan fingerprint density at radius 2 is 1.95 bits per heavy atom. The fourth-order valence-electron chi connectivity index (χ4n) is 2.21. The fourth-order valence-corrected chi connectivity index (χ4v) is 2.21. The number of alkyl carbamates (subject to hydrolysis) is 1. The van der Waals surface area contributed by atoms with E-state index in [0.29, 0.717) is 12.3 Å². The van der Waals surface area contributed by atoms with E-state index in [2.05, 4.69) is 5.32 Å². The number of carbonyl (C=O) groups excluding carboxylic acids is 2. The maximum absolute atomic E-state index is 11.6. The average Bonchev–Trinajstić information content (AvgIpc) is 2.33. The Balaban J connectivity index is 2.38. The van der Waals surface area contributed by atoms with Gasteiger partial charge in [-0.2, -0.15) is 0 Å². The second kappa shape index (κ2) is 7.47. The van der Waals surface area contributed by atoms with Crippen molar-refractivity contribution >= 4 is 12.0 Å². The van der Waals surface area contributed by atoms with E-state index in [0.717, 1.165) is 26.1 Å². The van der Waals surface area contributed by atoms with E-state index in [1.165, 1.54) is 0 Å². The molecule has 6 nitrogen and oxygen atoms in total. The van der Waals surface area contributed by atoms with Crippen LogP contribution in [0.3, 0.4) is 0 Å². The highest BCUT2D eigenvalue weighted by atomic mass is 16.6. The topological polar surface area (TPSA) is 90.7 Å². The van der Waals surface area contributed by atoms with Gasteiger partial charge in [-0.3, -0.25) is 4.79 Å².